The summed E-state index contributed by atoms with van der Waals surface area (Å²) in [5, 5.41) is 7.35. The molecule has 0 bridgehead atoms. The first kappa shape index (κ1) is 15.3. The largest absolute Gasteiger partial charge is 0.361 e. The zero-order valence-corrected chi connectivity index (χ0v) is 12.6. The molecule has 0 unspecified atom stereocenters. The predicted octanol–water partition coefficient (Wildman–Crippen LogP) is 1.41. The second kappa shape index (κ2) is 6.59. The normalized spacial score (nSPS) is 25.8. The molecule has 2 aliphatic rings. The van der Waals surface area contributed by atoms with Crippen LogP contribution in [0.25, 0.3) is 0 Å². The fraction of sp³-hybridized carbons (Fsp3) is 0.714. The zero-order valence-electron chi connectivity index (χ0n) is 11.8. The molecule has 1 aromatic heterocycles. The standard InChI is InChI=1S/C14H21N3O2.ClH/c1-10-6-13(16-19-10)7-14(18)17-4-2-11-8-15-9-12(11)3-5-17;/h6,11-12,15H,2-5,7-9H2,1H3;1H/t11-,12+;. The molecule has 6 heteroatoms. The molecule has 1 amide bonds. The number of aromatic nitrogens is 1. The van der Waals surface area contributed by atoms with Gasteiger partial charge >= 0.3 is 0 Å². The van der Waals surface area contributed by atoms with E-state index in [9.17, 15) is 4.79 Å². The zero-order chi connectivity index (χ0) is 13.2. The number of aryl methyl sites for hydroxylation is 1. The van der Waals surface area contributed by atoms with Crippen molar-refractivity contribution in [2.45, 2.75) is 26.2 Å². The van der Waals surface area contributed by atoms with E-state index in [0.29, 0.717) is 6.42 Å². The summed E-state index contributed by atoms with van der Waals surface area (Å²) in [7, 11) is 0. The van der Waals surface area contributed by atoms with Gasteiger partial charge in [-0.15, -0.1) is 12.4 Å². The Hall–Kier alpha value is -1.07. The predicted molar refractivity (Wildman–Crippen MR) is 77.9 cm³/mol. The van der Waals surface area contributed by atoms with Gasteiger partial charge in [-0.3, -0.25) is 4.79 Å². The Bertz CT molecular complexity index is 449. The van der Waals surface area contributed by atoms with E-state index in [1.807, 2.05) is 17.9 Å². The van der Waals surface area contributed by atoms with Gasteiger partial charge in [0, 0.05) is 19.2 Å². The van der Waals surface area contributed by atoms with Gasteiger partial charge in [0.1, 0.15) is 5.76 Å². The van der Waals surface area contributed by atoms with Crippen LogP contribution in [0, 0.1) is 18.8 Å². The third-order valence-corrected chi connectivity index (χ3v) is 4.38. The summed E-state index contributed by atoms with van der Waals surface area (Å²) in [6, 6.07) is 1.84. The molecule has 2 aliphatic heterocycles. The van der Waals surface area contributed by atoms with E-state index >= 15 is 0 Å². The first-order valence-electron chi connectivity index (χ1n) is 7.13. The Kier molecular flexibility index (Phi) is 5.05. The lowest BCUT2D eigenvalue weighted by Crippen LogP contribution is -2.34. The molecule has 3 rings (SSSR count). The van der Waals surface area contributed by atoms with Gasteiger partial charge in [-0.2, -0.15) is 0 Å². The van der Waals surface area contributed by atoms with Crippen LogP contribution in [0.2, 0.25) is 0 Å². The van der Waals surface area contributed by atoms with Crippen LogP contribution in [0.3, 0.4) is 0 Å². The van der Waals surface area contributed by atoms with Crippen molar-refractivity contribution in [3.05, 3.63) is 17.5 Å². The van der Waals surface area contributed by atoms with E-state index < -0.39 is 0 Å². The Morgan fingerprint density at radius 2 is 2.05 bits per heavy atom. The highest BCUT2D eigenvalue weighted by atomic mass is 35.5. The van der Waals surface area contributed by atoms with E-state index in [0.717, 1.165) is 62.3 Å². The van der Waals surface area contributed by atoms with Gasteiger partial charge in [0.25, 0.3) is 0 Å². The average Bonchev–Trinajstić information content (AvgIpc) is 2.94. The van der Waals surface area contributed by atoms with Gasteiger partial charge < -0.3 is 14.7 Å². The van der Waals surface area contributed by atoms with Crippen LogP contribution in [0.5, 0.6) is 0 Å². The molecule has 0 aromatic carbocycles. The maximum atomic E-state index is 12.3. The fourth-order valence-electron chi connectivity index (χ4n) is 3.24. The molecule has 2 atom stereocenters. The molecular formula is C14H22ClN3O2. The second-order valence-corrected chi connectivity index (χ2v) is 5.74. The molecule has 1 N–H and O–H groups in total. The number of carbonyl (C=O) groups excluding carboxylic acids is 1. The van der Waals surface area contributed by atoms with Crippen LogP contribution in [0.4, 0.5) is 0 Å². The van der Waals surface area contributed by atoms with Crippen molar-refractivity contribution < 1.29 is 9.32 Å². The molecule has 0 saturated carbocycles. The molecular weight excluding hydrogens is 278 g/mol. The molecule has 0 spiro atoms. The number of likely N-dealkylation sites (tertiary alicyclic amines) is 1. The lowest BCUT2D eigenvalue weighted by molar-refractivity contribution is -0.130. The van der Waals surface area contributed by atoms with E-state index in [2.05, 4.69) is 10.5 Å². The number of hydrogen-bond acceptors (Lipinski definition) is 4. The highest BCUT2D eigenvalue weighted by molar-refractivity contribution is 5.85. The van der Waals surface area contributed by atoms with Crippen molar-refractivity contribution in [1.29, 1.82) is 0 Å². The number of nitrogens with one attached hydrogen (secondary N) is 1. The average molecular weight is 300 g/mol. The summed E-state index contributed by atoms with van der Waals surface area (Å²) < 4.78 is 5.01. The summed E-state index contributed by atoms with van der Waals surface area (Å²) in [6.07, 6.45) is 2.62. The van der Waals surface area contributed by atoms with E-state index in [1.54, 1.807) is 0 Å². The second-order valence-electron chi connectivity index (χ2n) is 5.74. The Morgan fingerprint density at radius 1 is 1.40 bits per heavy atom. The lowest BCUT2D eigenvalue weighted by atomic mass is 9.92. The summed E-state index contributed by atoms with van der Waals surface area (Å²) in [4.78, 5) is 14.3. The van der Waals surface area contributed by atoms with Gasteiger partial charge in [0.05, 0.1) is 12.1 Å². The first-order valence-corrected chi connectivity index (χ1v) is 7.13. The topological polar surface area (TPSA) is 58.4 Å². The van der Waals surface area contributed by atoms with Crippen molar-refractivity contribution in [3.8, 4) is 0 Å². The smallest absolute Gasteiger partial charge is 0.228 e. The van der Waals surface area contributed by atoms with Gasteiger partial charge in [-0.05, 0) is 44.7 Å². The van der Waals surface area contributed by atoms with Crippen LogP contribution in [0.15, 0.2) is 10.6 Å². The lowest BCUT2D eigenvalue weighted by Gasteiger charge is -2.20. The number of halogens is 1. The first-order chi connectivity index (χ1) is 9.22. The molecule has 20 heavy (non-hydrogen) atoms. The highest BCUT2D eigenvalue weighted by Gasteiger charge is 2.31. The summed E-state index contributed by atoms with van der Waals surface area (Å²) in [5.74, 6) is 2.46. The van der Waals surface area contributed by atoms with Crippen molar-refractivity contribution in [2.75, 3.05) is 26.2 Å². The molecule has 112 valence electrons. The summed E-state index contributed by atoms with van der Waals surface area (Å²) in [5.41, 5.74) is 0.744. The SMILES string of the molecule is Cc1cc(CC(=O)N2CC[C@@H]3CNC[C@@H]3CC2)no1.Cl. The van der Waals surface area contributed by atoms with Crippen LogP contribution < -0.4 is 5.32 Å². The van der Waals surface area contributed by atoms with Crippen molar-refractivity contribution in [2.24, 2.45) is 11.8 Å². The van der Waals surface area contributed by atoms with Gasteiger partial charge in [-0.25, -0.2) is 0 Å². The Balaban J connectivity index is 0.00000147. The van der Waals surface area contributed by atoms with E-state index in [-0.39, 0.29) is 18.3 Å². The maximum absolute atomic E-state index is 12.3. The summed E-state index contributed by atoms with van der Waals surface area (Å²) >= 11 is 0. The van der Waals surface area contributed by atoms with Crippen LogP contribution >= 0.6 is 12.4 Å². The van der Waals surface area contributed by atoms with Crippen LogP contribution in [-0.2, 0) is 11.2 Å². The number of rotatable bonds is 2. The molecule has 0 radical (unpaired) electrons. The number of hydrogen-bond donors (Lipinski definition) is 1. The fourth-order valence-corrected chi connectivity index (χ4v) is 3.24. The number of amides is 1. The van der Waals surface area contributed by atoms with Crippen LogP contribution in [0.1, 0.15) is 24.3 Å². The third-order valence-electron chi connectivity index (χ3n) is 4.38. The van der Waals surface area contributed by atoms with Gasteiger partial charge in [0.15, 0.2) is 0 Å². The maximum Gasteiger partial charge on any atom is 0.228 e. The summed E-state index contributed by atoms with van der Waals surface area (Å²) in [6.45, 7) is 5.86. The Morgan fingerprint density at radius 3 is 2.60 bits per heavy atom. The molecule has 2 saturated heterocycles. The van der Waals surface area contributed by atoms with Gasteiger partial charge in [-0.1, -0.05) is 5.16 Å². The Labute approximate surface area is 125 Å². The highest BCUT2D eigenvalue weighted by Crippen LogP contribution is 2.27. The van der Waals surface area contributed by atoms with Crippen molar-refractivity contribution in [1.82, 2.24) is 15.4 Å². The number of nitrogens with zero attached hydrogens (tertiary/aromatic N) is 2. The minimum Gasteiger partial charge on any atom is -0.361 e. The van der Waals surface area contributed by atoms with Gasteiger partial charge in [0.2, 0.25) is 5.91 Å². The van der Waals surface area contributed by atoms with Crippen LogP contribution in [-0.4, -0.2) is 42.1 Å². The van der Waals surface area contributed by atoms with E-state index in [1.165, 1.54) is 0 Å². The quantitative estimate of drug-likeness (QED) is 0.897. The van der Waals surface area contributed by atoms with Crippen molar-refractivity contribution >= 4 is 18.3 Å². The number of carbonyl (C=O) groups is 1. The van der Waals surface area contributed by atoms with E-state index in [4.69, 9.17) is 4.52 Å². The minimum absolute atomic E-state index is 0. The monoisotopic (exact) mass is 299 g/mol. The molecule has 1 aromatic rings. The molecule has 5 nitrogen and oxygen atoms in total. The molecule has 3 heterocycles. The van der Waals surface area contributed by atoms with Crippen molar-refractivity contribution in [3.63, 3.8) is 0 Å². The third kappa shape index (κ3) is 3.33. The number of fused-ring (bicyclic) bond motifs is 1. The minimum atomic E-state index is 0. The molecule has 0 aliphatic carbocycles. The molecule has 2 fully saturated rings.